The van der Waals surface area contributed by atoms with Crippen LogP contribution < -0.4 is 20.3 Å². The van der Waals surface area contributed by atoms with E-state index in [9.17, 15) is 19.8 Å². The number of aliphatic hydroxyl groups excluding tert-OH is 2. The van der Waals surface area contributed by atoms with Gasteiger partial charge in [-0.3, -0.25) is 9.36 Å². The molecule has 0 spiro atoms. The number of imidazole rings is 1. The van der Waals surface area contributed by atoms with Gasteiger partial charge in [0.1, 0.15) is 43.5 Å². The Hall–Kier alpha value is -5.23. The van der Waals surface area contributed by atoms with Gasteiger partial charge in [-0.15, -0.1) is 6.42 Å². The molecule has 246 valence electrons. The van der Waals surface area contributed by atoms with Crippen LogP contribution in [0.3, 0.4) is 0 Å². The lowest BCUT2D eigenvalue weighted by Gasteiger charge is -2.25. The van der Waals surface area contributed by atoms with Crippen molar-refractivity contribution in [1.29, 1.82) is 0 Å². The molecule has 47 heavy (non-hydrogen) atoms. The van der Waals surface area contributed by atoms with Gasteiger partial charge in [-0.1, -0.05) is 47.9 Å². The molecule has 14 nitrogen and oxygen atoms in total. The molecule has 0 aliphatic carbocycles. The minimum atomic E-state index is -1.31. The van der Waals surface area contributed by atoms with Crippen molar-refractivity contribution in [3.05, 3.63) is 77.9 Å². The van der Waals surface area contributed by atoms with Crippen LogP contribution in [-0.2, 0) is 27.3 Å². The highest BCUT2D eigenvalue weighted by molar-refractivity contribution is 5.86. The number of anilines is 1. The summed E-state index contributed by atoms with van der Waals surface area (Å²) in [5.74, 6) is 2.91. The number of carbonyl (C=O) groups excluding carboxylic acids is 2. The quantitative estimate of drug-likeness (QED) is 0.165. The molecule has 0 saturated carbocycles. The van der Waals surface area contributed by atoms with Crippen molar-refractivity contribution >= 4 is 29.0 Å². The van der Waals surface area contributed by atoms with Crippen molar-refractivity contribution in [3.8, 4) is 18.1 Å². The van der Waals surface area contributed by atoms with Crippen LogP contribution >= 0.6 is 0 Å². The van der Waals surface area contributed by atoms with Gasteiger partial charge in [0.05, 0.1) is 19.0 Å². The lowest BCUT2D eigenvalue weighted by atomic mass is 10.0. The Bertz CT molecular complexity index is 1720. The number of rotatable bonds is 12. The summed E-state index contributed by atoms with van der Waals surface area (Å²) in [5.41, 5.74) is 3.46. The molecular weight excluding hydrogens is 606 g/mol. The number of ether oxygens (including phenoxy) is 3. The van der Waals surface area contributed by atoms with Gasteiger partial charge in [0.2, 0.25) is 5.91 Å². The summed E-state index contributed by atoms with van der Waals surface area (Å²) in [6.45, 7) is 1.56. The van der Waals surface area contributed by atoms with Crippen LogP contribution in [0.15, 0.2) is 61.2 Å². The van der Waals surface area contributed by atoms with E-state index in [-0.39, 0.29) is 19.6 Å². The fourth-order valence-corrected chi connectivity index (χ4v) is 5.23. The maximum absolute atomic E-state index is 13.8. The number of benzene rings is 2. The smallest absolute Gasteiger partial charge is 0.408 e. The monoisotopic (exact) mass is 643 g/mol. The first-order chi connectivity index (χ1) is 22.7. The molecule has 1 saturated heterocycles. The number of hydrogen-bond acceptors (Lipinski definition) is 11. The molecule has 4 aromatic rings. The number of aliphatic hydroxyl groups is 2. The van der Waals surface area contributed by atoms with Crippen LogP contribution in [0.1, 0.15) is 22.9 Å². The van der Waals surface area contributed by atoms with Crippen molar-refractivity contribution in [2.45, 2.75) is 50.5 Å². The molecule has 1 fully saturated rings. The predicted octanol–water partition coefficient (Wildman–Crippen LogP) is 1.49. The largest absolute Gasteiger partial charge is 0.481 e. The zero-order chi connectivity index (χ0) is 33.5. The van der Waals surface area contributed by atoms with Crippen molar-refractivity contribution in [1.82, 2.24) is 30.2 Å². The summed E-state index contributed by atoms with van der Waals surface area (Å²) in [4.78, 5) is 41.4. The maximum Gasteiger partial charge on any atom is 0.408 e. The zero-order valence-electron chi connectivity index (χ0n) is 26.2. The summed E-state index contributed by atoms with van der Waals surface area (Å²) in [7, 11) is 3.64. The molecule has 2 amide bonds. The normalized spacial score (nSPS) is 19.5. The number of aromatic nitrogens is 4. The van der Waals surface area contributed by atoms with Gasteiger partial charge in [0.15, 0.2) is 23.2 Å². The maximum atomic E-state index is 13.8. The molecule has 2 aromatic carbocycles. The van der Waals surface area contributed by atoms with Crippen LogP contribution in [0.4, 0.5) is 10.6 Å². The average Bonchev–Trinajstić information content (AvgIpc) is 3.63. The van der Waals surface area contributed by atoms with E-state index in [1.807, 2.05) is 45.3 Å². The number of fused-ring (bicyclic) bond motifs is 1. The summed E-state index contributed by atoms with van der Waals surface area (Å²) >= 11 is 0. The molecule has 0 bridgehead atoms. The Balaban J connectivity index is 1.33. The Kier molecular flexibility index (Phi) is 10.5. The number of hydrogen-bond donors (Lipinski definition) is 4. The predicted molar refractivity (Wildman–Crippen MR) is 171 cm³/mol. The molecule has 5 atom stereocenters. The number of nitrogens with zero attached hydrogens (tertiary/aromatic N) is 5. The van der Waals surface area contributed by atoms with Crippen LogP contribution in [0.5, 0.6) is 5.75 Å². The average molecular weight is 644 g/mol. The highest BCUT2D eigenvalue weighted by Crippen LogP contribution is 2.32. The minimum absolute atomic E-state index is 0.00304. The lowest BCUT2D eigenvalue weighted by molar-refractivity contribution is -0.124. The number of nitrogens with one attached hydrogen (secondary N) is 2. The molecule has 5 rings (SSSR count). The topological polar surface area (TPSA) is 173 Å². The van der Waals surface area contributed by atoms with Crippen LogP contribution in [0.2, 0.25) is 0 Å². The second-order valence-electron chi connectivity index (χ2n) is 11.3. The Morgan fingerprint density at radius 2 is 1.83 bits per heavy atom. The van der Waals surface area contributed by atoms with E-state index in [1.54, 1.807) is 29.2 Å². The first-order valence-corrected chi connectivity index (χ1v) is 14.9. The lowest BCUT2D eigenvalue weighted by Crippen LogP contribution is -2.55. The Labute approximate surface area is 271 Å². The molecule has 2 aromatic heterocycles. The molecule has 0 radical (unpaired) electrons. The Morgan fingerprint density at radius 1 is 1.11 bits per heavy atom. The Morgan fingerprint density at radius 3 is 2.51 bits per heavy atom. The van der Waals surface area contributed by atoms with E-state index in [1.165, 1.54) is 17.2 Å². The molecule has 4 N–H and O–H groups in total. The first-order valence-electron chi connectivity index (χ1n) is 14.9. The summed E-state index contributed by atoms with van der Waals surface area (Å²) in [6, 6.07) is 12.3. The second-order valence-corrected chi connectivity index (χ2v) is 11.3. The SMILES string of the molecule is C#CCOc1ccc(C[C@H](NC(=O)OCc2ccc(C)cc2)C(=O)NC2C(CO)OC(n3cnc4c(N(C)C)ncnc43)C2O)cc1. The van der Waals surface area contributed by atoms with Gasteiger partial charge < -0.3 is 40.0 Å². The fourth-order valence-electron chi connectivity index (χ4n) is 5.23. The summed E-state index contributed by atoms with van der Waals surface area (Å²) in [6.07, 6.45) is 4.06. The van der Waals surface area contributed by atoms with E-state index < -0.39 is 49.1 Å². The molecule has 1 aliphatic rings. The zero-order valence-corrected chi connectivity index (χ0v) is 26.2. The van der Waals surface area contributed by atoms with Crippen molar-refractivity contribution < 1.29 is 34.0 Å². The number of alkyl carbamates (subject to hydrolysis) is 1. The number of terminal acetylenes is 1. The molecule has 14 heteroatoms. The van der Waals surface area contributed by atoms with E-state index in [2.05, 4.69) is 31.5 Å². The van der Waals surface area contributed by atoms with Crippen molar-refractivity contribution in [2.24, 2.45) is 0 Å². The van der Waals surface area contributed by atoms with E-state index >= 15 is 0 Å². The summed E-state index contributed by atoms with van der Waals surface area (Å²) < 4.78 is 18.4. The molecule has 3 heterocycles. The van der Waals surface area contributed by atoms with Crippen molar-refractivity contribution in [3.63, 3.8) is 0 Å². The van der Waals surface area contributed by atoms with Gasteiger partial charge in [-0.25, -0.2) is 19.7 Å². The van der Waals surface area contributed by atoms with Crippen LogP contribution in [-0.4, -0.2) is 93.3 Å². The number of carbonyl (C=O) groups is 2. The van der Waals surface area contributed by atoms with E-state index in [0.29, 0.717) is 28.3 Å². The van der Waals surface area contributed by atoms with Gasteiger partial charge in [0.25, 0.3) is 0 Å². The highest BCUT2D eigenvalue weighted by Gasteiger charge is 2.46. The molecular formula is C33H37N7O7. The summed E-state index contributed by atoms with van der Waals surface area (Å²) in [5, 5.41) is 27.0. The first kappa shape index (κ1) is 33.1. The highest BCUT2D eigenvalue weighted by atomic mass is 16.6. The molecule has 1 aliphatic heterocycles. The van der Waals surface area contributed by atoms with Crippen molar-refractivity contribution in [2.75, 3.05) is 32.2 Å². The van der Waals surface area contributed by atoms with E-state index in [0.717, 1.165) is 11.1 Å². The third kappa shape index (κ3) is 7.78. The van der Waals surface area contributed by atoms with Gasteiger partial charge >= 0.3 is 6.09 Å². The number of aryl methyl sites for hydroxylation is 1. The van der Waals surface area contributed by atoms with E-state index in [4.69, 9.17) is 20.6 Å². The van der Waals surface area contributed by atoms with Crippen LogP contribution in [0, 0.1) is 19.3 Å². The van der Waals surface area contributed by atoms with Gasteiger partial charge in [0, 0.05) is 20.5 Å². The third-order valence-electron chi connectivity index (χ3n) is 7.69. The van der Waals surface area contributed by atoms with Gasteiger partial charge in [-0.05, 0) is 30.2 Å². The van der Waals surface area contributed by atoms with Crippen LogP contribution in [0.25, 0.3) is 11.2 Å². The van der Waals surface area contributed by atoms with Gasteiger partial charge in [-0.2, -0.15) is 0 Å². The molecule has 4 unspecified atom stereocenters. The number of amides is 2. The second kappa shape index (κ2) is 14.9. The fraction of sp³-hybridized carbons (Fsp3) is 0.364. The standard InChI is InChI=1S/C33H37N7O7/c1-5-14-45-23-12-10-21(11-13-23)15-24(37-33(44)46-17-22-8-6-20(2)7-9-22)31(43)38-26-25(16-41)47-32(28(26)42)40-19-36-27-29(39(3)4)34-18-35-30(27)40/h1,6-13,18-19,24-26,28,32,41-42H,14-17H2,2-4H3,(H,37,44)(H,38,43)/t24-,25?,26?,28?,32?/m0/s1. The minimum Gasteiger partial charge on any atom is -0.481 e. The third-order valence-corrected chi connectivity index (χ3v) is 7.69.